The summed E-state index contributed by atoms with van der Waals surface area (Å²) >= 11 is 1.46. The van der Waals surface area contributed by atoms with Crippen molar-refractivity contribution in [1.29, 1.82) is 0 Å². The first-order chi connectivity index (χ1) is 15.9. The summed E-state index contributed by atoms with van der Waals surface area (Å²) in [6, 6.07) is 29.1. The SMILES string of the molecule is CS[C@@](C)([C@@H](O)c1ccccc1)N1C(=O)OC(c2ccccc2)(c2ccccc2)[C@@H]1C(C)C. The summed E-state index contributed by atoms with van der Waals surface area (Å²) in [5.41, 5.74) is 1.61. The van der Waals surface area contributed by atoms with E-state index in [0.717, 1.165) is 16.7 Å². The van der Waals surface area contributed by atoms with Gasteiger partial charge in [0.05, 0.1) is 6.04 Å². The fourth-order valence-corrected chi connectivity index (χ4v) is 5.80. The van der Waals surface area contributed by atoms with Crippen molar-refractivity contribution >= 4 is 17.9 Å². The number of carbonyl (C=O) groups is 1. The van der Waals surface area contributed by atoms with Gasteiger partial charge in [0.25, 0.3) is 0 Å². The summed E-state index contributed by atoms with van der Waals surface area (Å²) in [6.07, 6.45) is 0.611. The quantitative estimate of drug-likeness (QED) is 0.454. The average molecular weight is 462 g/mol. The number of hydrogen-bond donors (Lipinski definition) is 1. The summed E-state index contributed by atoms with van der Waals surface area (Å²) in [4.78, 5) is 14.6. The molecule has 0 radical (unpaired) electrons. The Morgan fingerprint density at radius 1 is 0.909 bits per heavy atom. The zero-order valence-corrected chi connectivity index (χ0v) is 20.3. The fourth-order valence-electron chi connectivity index (χ4n) is 5.05. The Morgan fingerprint density at radius 2 is 1.36 bits per heavy atom. The van der Waals surface area contributed by atoms with Gasteiger partial charge in [-0.05, 0) is 24.7 Å². The van der Waals surface area contributed by atoms with Crippen molar-refractivity contribution < 1.29 is 14.6 Å². The second-order valence-electron chi connectivity index (χ2n) is 8.97. The molecule has 1 heterocycles. The van der Waals surface area contributed by atoms with Crippen LogP contribution in [-0.4, -0.2) is 33.3 Å². The Balaban J connectivity index is 1.93. The lowest BCUT2D eigenvalue weighted by molar-refractivity contribution is 0.0211. The highest BCUT2D eigenvalue weighted by atomic mass is 32.2. The van der Waals surface area contributed by atoms with E-state index in [1.807, 2.05) is 104 Å². The third-order valence-electron chi connectivity index (χ3n) is 6.69. The second-order valence-corrected chi connectivity index (χ2v) is 10.2. The summed E-state index contributed by atoms with van der Waals surface area (Å²) in [6.45, 7) is 6.14. The molecule has 4 nitrogen and oxygen atoms in total. The first-order valence-electron chi connectivity index (χ1n) is 11.3. The molecule has 1 amide bonds. The molecule has 1 aliphatic heterocycles. The van der Waals surface area contributed by atoms with E-state index >= 15 is 0 Å². The van der Waals surface area contributed by atoms with Gasteiger partial charge in [-0.15, -0.1) is 11.8 Å². The smallest absolute Gasteiger partial charge is 0.412 e. The predicted molar refractivity (Wildman–Crippen MR) is 134 cm³/mol. The van der Waals surface area contributed by atoms with E-state index in [0.29, 0.717) is 0 Å². The Kier molecular flexibility index (Phi) is 6.55. The lowest BCUT2D eigenvalue weighted by Gasteiger charge is -2.46. The molecule has 0 saturated carbocycles. The molecule has 1 N–H and O–H groups in total. The Bertz CT molecular complexity index is 1030. The topological polar surface area (TPSA) is 49.8 Å². The molecule has 1 fully saturated rings. The number of aliphatic hydroxyl groups excluding tert-OH is 1. The normalized spacial score (nSPS) is 20.4. The van der Waals surface area contributed by atoms with Crippen molar-refractivity contribution in [3.63, 3.8) is 0 Å². The van der Waals surface area contributed by atoms with E-state index in [2.05, 4.69) is 13.8 Å². The molecule has 172 valence electrons. The maximum Gasteiger partial charge on any atom is 0.412 e. The van der Waals surface area contributed by atoms with Crippen molar-refractivity contribution in [3.8, 4) is 0 Å². The van der Waals surface area contributed by atoms with E-state index < -0.39 is 22.7 Å². The number of carbonyl (C=O) groups excluding carboxylic acids is 1. The molecule has 0 spiro atoms. The summed E-state index contributed by atoms with van der Waals surface area (Å²) in [5, 5.41) is 11.6. The molecule has 1 saturated heterocycles. The highest BCUT2D eigenvalue weighted by Crippen LogP contribution is 2.53. The van der Waals surface area contributed by atoms with Crippen LogP contribution < -0.4 is 0 Å². The molecule has 0 unspecified atom stereocenters. The van der Waals surface area contributed by atoms with Crippen molar-refractivity contribution in [2.45, 2.75) is 43.4 Å². The standard InChI is InChI=1S/C28H31NO3S/c1-20(2)24-28(22-16-10-6-11-17-22,23-18-12-7-13-19-23)32-26(31)29(24)27(3,33-4)25(30)21-14-8-5-9-15-21/h5-20,24-25,30H,1-4H3/t24-,25-,27-/m0/s1. The molecule has 0 bridgehead atoms. The van der Waals surface area contributed by atoms with Gasteiger partial charge in [0.15, 0.2) is 5.60 Å². The van der Waals surface area contributed by atoms with Gasteiger partial charge in [-0.2, -0.15) is 0 Å². The number of nitrogens with zero attached hydrogens (tertiary/aromatic N) is 1. The van der Waals surface area contributed by atoms with Crippen LogP contribution in [-0.2, 0) is 10.3 Å². The lowest BCUT2D eigenvalue weighted by Crippen LogP contribution is -2.57. The van der Waals surface area contributed by atoms with Crippen LogP contribution in [0.1, 0.15) is 43.6 Å². The van der Waals surface area contributed by atoms with Crippen molar-refractivity contribution in [1.82, 2.24) is 4.90 Å². The number of rotatable bonds is 7. The summed E-state index contributed by atoms with van der Waals surface area (Å²) in [7, 11) is 0. The molecule has 0 aromatic heterocycles. The van der Waals surface area contributed by atoms with Gasteiger partial charge in [0.1, 0.15) is 11.0 Å². The van der Waals surface area contributed by atoms with Crippen LogP contribution in [0.2, 0.25) is 0 Å². The van der Waals surface area contributed by atoms with Crippen LogP contribution in [0, 0.1) is 5.92 Å². The van der Waals surface area contributed by atoms with Crippen LogP contribution in [0.15, 0.2) is 91.0 Å². The third-order valence-corrected chi connectivity index (χ3v) is 7.94. The first-order valence-corrected chi connectivity index (χ1v) is 12.5. The van der Waals surface area contributed by atoms with Crippen LogP contribution in [0.5, 0.6) is 0 Å². The van der Waals surface area contributed by atoms with E-state index in [4.69, 9.17) is 4.74 Å². The minimum Gasteiger partial charge on any atom is -0.431 e. The minimum absolute atomic E-state index is 0.0475. The first kappa shape index (κ1) is 23.4. The van der Waals surface area contributed by atoms with E-state index in [-0.39, 0.29) is 12.0 Å². The van der Waals surface area contributed by atoms with Crippen LogP contribution in [0.25, 0.3) is 0 Å². The van der Waals surface area contributed by atoms with Gasteiger partial charge in [-0.25, -0.2) is 4.79 Å². The molecular formula is C28H31NO3S. The molecule has 3 aromatic rings. The molecule has 3 atom stereocenters. The maximum atomic E-state index is 13.8. The lowest BCUT2D eigenvalue weighted by atomic mass is 9.75. The van der Waals surface area contributed by atoms with Crippen LogP contribution >= 0.6 is 11.8 Å². The molecular weight excluding hydrogens is 430 g/mol. The number of ether oxygens (including phenoxy) is 1. The molecule has 33 heavy (non-hydrogen) atoms. The molecule has 5 heteroatoms. The number of amides is 1. The largest absolute Gasteiger partial charge is 0.431 e. The van der Waals surface area contributed by atoms with Gasteiger partial charge in [-0.3, -0.25) is 4.90 Å². The molecule has 0 aliphatic carbocycles. The monoisotopic (exact) mass is 461 g/mol. The van der Waals surface area contributed by atoms with Crippen LogP contribution in [0.3, 0.4) is 0 Å². The number of thioether (sulfide) groups is 1. The number of aliphatic hydroxyl groups is 1. The van der Waals surface area contributed by atoms with Gasteiger partial charge in [-0.1, -0.05) is 105 Å². The third kappa shape index (κ3) is 3.83. The van der Waals surface area contributed by atoms with Gasteiger partial charge in [0, 0.05) is 11.1 Å². The maximum absolute atomic E-state index is 13.8. The summed E-state index contributed by atoms with van der Waals surface area (Å²) < 4.78 is 6.40. The Hall–Kier alpha value is -2.76. The highest BCUT2D eigenvalue weighted by Gasteiger charge is 2.62. The van der Waals surface area contributed by atoms with E-state index in [1.54, 1.807) is 4.90 Å². The van der Waals surface area contributed by atoms with Crippen molar-refractivity contribution in [3.05, 3.63) is 108 Å². The molecule has 3 aromatic carbocycles. The number of cyclic esters (lactones) is 1. The summed E-state index contributed by atoms with van der Waals surface area (Å²) in [5.74, 6) is 0.0475. The van der Waals surface area contributed by atoms with Crippen molar-refractivity contribution in [2.24, 2.45) is 5.92 Å². The van der Waals surface area contributed by atoms with E-state index in [1.165, 1.54) is 11.8 Å². The van der Waals surface area contributed by atoms with Gasteiger partial charge < -0.3 is 9.84 Å². The zero-order chi connectivity index (χ0) is 23.6. The predicted octanol–water partition coefficient (Wildman–Crippen LogP) is 6.22. The Labute approximate surface area is 200 Å². The Morgan fingerprint density at radius 3 is 1.79 bits per heavy atom. The molecule has 4 rings (SSSR count). The van der Waals surface area contributed by atoms with Gasteiger partial charge in [0.2, 0.25) is 0 Å². The zero-order valence-electron chi connectivity index (χ0n) is 19.5. The fraction of sp³-hybridized carbons (Fsp3) is 0.321. The van der Waals surface area contributed by atoms with E-state index in [9.17, 15) is 9.90 Å². The average Bonchev–Trinajstić information content (AvgIpc) is 3.19. The highest BCUT2D eigenvalue weighted by molar-refractivity contribution is 7.99. The van der Waals surface area contributed by atoms with Gasteiger partial charge >= 0.3 is 6.09 Å². The molecule has 1 aliphatic rings. The van der Waals surface area contributed by atoms with Crippen molar-refractivity contribution in [2.75, 3.05) is 6.26 Å². The minimum atomic E-state index is -0.999. The number of benzene rings is 3. The number of hydrogen-bond acceptors (Lipinski definition) is 4. The van der Waals surface area contributed by atoms with Crippen LogP contribution in [0.4, 0.5) is 4.79 Å². The second kappa shape index (κ2) is 9.24.